The molecule has 0 aliphatic carbocycles. The second kappa shape index (κ2) is 14.3. The molecule has 0 spiro atoms. The molecule has 18 heavy (non-hydrogen) atoms. The van der Waals surface area contributed by atoms with Gasteiger partial charge in [0.2, 0.25) is 0 Å². The molecule has 3 heteroatoms. The number of nitrogens with zero attached hydrogens (tertiary/aromatic N) is 1. The smallest absolute Gasteiger partial charge is 0.317 e. The fourth-order valence-electron chi connectivity index (χ4n) is 1.45. The molecule has 0 heterocycles. The van der Waals surface area contributed by atoms with Gasteiger partial charge in [-0.05, 0) is 33.6 Å². The highest BCUT2D eigenvalue weighted by atomic mass is 16.2. The maximum Gasteiger partial charge on any atom is 0.317 e. The molecule has 0 radical (unpaired) electrons. The Morgan fingerprint density at radius 2 is 1.22 bits per heavy atom. The van der Waals surface area contributed by atoms with Crippen LogP contribution in [0.15, 0.2) is 0 Å². The molecule has 0 aromatic rings. The number of urea groups is 1. The molecule has 0 saturated carbocycles. The highest BCUT2D eigenvalue weighted by Gasteiger charge is 2.19. The molecule has 0 aromatic heterocycles. The Morgan fingerprint density at radius 3 is 1.44 bits per heavy atom. The zero-order chi connectivity index (χ0) is 15.3. The van der Waals surface area contributed by atoms with Crippen LogP contribution in [-0.4, -0.2) is 29.6 Å². The van der Waals surface area contributed by atoms with E-state index in [0.29, 0.717) is 5.92 Å². The third kappa shape index (κ3) is 11.7. The average molecular weight is 260 g/mol. The van der Waals surface area contributed by atoms with Crippen LogP contribution < -0.4 is 5.32 Å². The molecule has 2 amide bonds. The lowest BCUT2D eigenvalue weighted by molar-refractivity contribution is 0.164. The first-order valence-corrected chi connectivity index (χ1v) is 7.42. The largest absolute Gasteiger partial charge is 0.338 e. The van der Waals surface area contributed by atoms with Crippen molar-refractivity contribution < 1.29 is 4.79 Å². The molecule has 0 bridgehead atoms. The van der Waals surface area contributed by atoms with Gasteiger partial charge >= 0.3 is 6.03 Å². The Balaban J connectivity index is -0.000000506. The van der Waals surface area contributed by atoms with Crippen LogP contribution in [0.1, 0.15) is 69.2 Å². The standard InChI is InChI=1S/C11H24N2O.2C2H6/c1-8(2)7-12-11(14)13(9(3)4)10(5)6;2*1-2/h8-10H,7H2,1-6H3,(H,12,14);2*1-2H3. The van der Waals surface area contributed by atoms with Crippen LogP contribution in [0, 0.1) is 5.92 Å². The summed E-state index contributed by atoms with van der Waals surface area (Å²) in [4.78, 5) is 13.6. The van der Waals surface area contributed by atoms with Crippen molar-refractivity contribution in [2.75, 3.05) is 6.54 Å². The van der Waals surface area contributed by atoms with Gasteiger partial charge in [0.1, 0.15) is 0 Å². The topological polar surface area (TPSA) is 32.3 Å². The van der Waals surface area contributed by atoms with Crippen molar-refractivity contribution in [3.05, 3.63) is 0 Å². The van der Waals surface area contributed by atoms with Crippen LogP contribution in [-0.2, 0) is 0 Å². The monoisotopic (exact) mass is 260 g/mol. The summed E-state index contributed by atoms with van der Waals surface area (Å²) < 4.78 is 0. The van der Waals surface area contributed by atoms with Gasteiger partial charge in [-0.15, -0.1) is 0 Å². The first kappa shape index (κ1) is 22.5. The predicted molar refractivity (Wildman–Crippen MR) is 83.0 cm³/mol. The van der Waals surface area contributed by atoms with Gasteiger partial charge in [0.15, 0.2) is 0 Å². The summed E-state index contributed by atoms with van der Waals surface area (Å²) in [6.07, 6.45) is 0. The van der Waals surface area contributed by atoms with E-state index in [1.807, 2.05) is 60.3 Å². The Morgan fingerprint density at radius 1 is 0.889 bits per heavy atom. The van der Waals surface area contributed by atoms with Crippen LogP contribution >= 0.6 is 0 Å². The number of carbonyl (C=O) groups is 1. The van der Waals surface area contributed by atoms with Gasteiger partial charge in [0, 0.05) is 18.6 Å². The molecule has 0 fully saturated rings. The molecule has 0 aromatic carbocycles. The fraction of sp³-hybridized carbons (Fsp3) is 0.933. The summed E-state index contributed by atoms with van der Waals surface area (Å²) in [6.45, 7) is 21.1. The molecule has 0 saturated heterocycles. The van der Waals surface area contributed by atoms with E-state index < -0.39 is 0 Å². The van der Waals surface area contributed by atoms with Crippen molar-refractivity contribution in [1.29, 1.82) is 0 Å². The molecule has 3 nitrogen and oxygen atoms in total. The van der Waals surface area contributed by atoms with E-state index in [-0.39, 0.29) is 18.1 Å². The van der Waals surface area contributed by atoms with Crippen molar-refractivity contribution in [2.24, 2.45) is 5.92 Å². The van der Waals surface area contributed by atoms with Gasteiger partial charge in [0.05, 0.1) is 0 Å². The number of nitrogens with one attached hydrogen (secondary N) is 1. The van der Waals surface area contributed by atoms with Crippen LogP contribution in [0.25, 0.3) is 0 Å². The minimum atomic E-state index is 0.0451. The van der Waals surface area contributed by atoms with Crippen LogP contribution in [0.2, 0.25) is 0 Å². The second-order valence-electron chi connectivity index (χ2n) is 4.67. The minimum Gasteiger partial charge on any atom is -0.338 e. The molecule has 0 unspecified atom stereocenters. The number of amides is 2. The first-order valence-electron chi connectivity index (χ1n) is 7.42. The van der Waals surface area contributed by atoms with Gasteiger partial charge in [-0.3, -0.25) is 0 Å². The van der Waals surface area contributed by atoms with Crippen molar-refractivity contribution in [3.63, 3.8) is 0 Å². The number of hydrogen-bond donors (Lipinski definition) is 1. The third-order valence-electron chi connectivity index (χ3n) is 2.01. The molecule has 1 N–H and O–H groups in total. The summed E-state index contributed by atoms with van der Waals surface area (Å²) in [5.74, 6) is 0.500. The van der Waals surface area contributed by atoms with Crippen LogP contribution in [0.4, 0.5) is 4.79 Å². The van der Waals surface area contributed by atoms with Crippen molar-refractivity contribution in [3.8, 4) is 0 Å². The lowest BCUT2D eigenvalue weighted by Crippen LogP contribution is -2.48. The zero-order valence-electron chi connectivity index (χ0n) is 14.3. The molecule has 112 valence electrons. The van der Waals surface area contributed by atoms with Crippen LogP contribution in [0.5, 0.6) is 0 Å². The SMILES string of the molecule is CC.CC.CC(C)CNC(=O)N(C(C)C)C(C)C. The Kier molecular flexibility index (Phi) is 17.9. The molecule has 0 aliphatic rings. The highest BCUT2D eigenvalue weighted by Crippen LogP contribution is 2.05. The number of carbonyl (C=O) groups excluding carboxylic acids is 1. The van der Waals surface area contributed by atoms with E-state index in [2.05, 4.69) is 19.2 Å². The van der Waals surface area contributed by atoms with E-state index in [0.717, 1.165) is 6.54 Å². The van der Waals surface area contributed by atoms with Gasteiger partial charge in [-0.1, -0.05) is 41.5 Å². The summed E-state index contributed by atoms with van der Waals surface area (Å²) in [5, 5.41) is 2.93. The molecule has 0 aliphatic heterocycles. The normalized spacial score (nSPS) is 9.39. The van der Waals surface area contributed by atoms with E-state index in [9.17, 15) is 4.79 Å². The zero-order valence-corrected chi connectivity index (χ0v) is 14.3. The summed E-state index contributed by atoms with van der Waals surface area (Å²) in [5.41, 5.74) is 0. The Hall–Kier alpha value is -0.730. The maximum atomic E-state index is 11.7. The molecular formula is C15H36N2O. The average Bonchev–Trinajstić information content (AvgIpc) is 2.30. The van der Waals surface area contributed by atoms with E-state index in [1.54, 1.807) is 0 Å². The summed E-state index contributed by atoms with van der Waals surface area (Å²) in [6, 6.07) is 0.549. The van der Waals surface area contributed by atoms with Gasteiger partial charge in [-0.2, -0.15) is 0 Å². The van der Waals surface area contributed by atoms with E-state index in [4.69, 9.17) is 0 Å². The van der Waals surface area contributed by atoms with Gasteiger partial charge in [-0.25, -0.2) is 4.79 Å². The summed E-state index contributed by atoms with van der Waals surface area (Å²) in [7, 11) is 0. The van der Waals surface area contributed by atoms with Gasteiger partial charge < -0.3 is 10.2 Å². The Labute approximate surface area is 115 Å². The minimum absolute atomic E-state index is 0.0451. The lowest BCUT2D eigenvalue weighted by Gasteiger charge is -2.31. The first-order chi connectivity index (χ1) is 8.36. The number of rotatable bonds is 4. The predicted octanol–water partition coefficient (Wildman–Crippen LogP) is 4.52. The highest BCUT2D eigenvalue weighted by molar-refractivity contribution is 5.74. The van der Waals surface area contributed by atoms with E-state index >= 15 is 0 Å². The van der Waals surface area contributed by atoms with Gasteiger partial charge in [0.25, 0.3) is 0 Å². The molecular weight excluding hydrogens is 224 g/mol. The van der Waals surface area contributed by atoms with Crippen molar-refractivity contribution in [2.45, 2.75) is 81.3 Å². The molecule has 0 rings (SSSR count). The third-order valence-corrected chi connectivity index (χ3v) is 2.01. The van der Waals surface area contributed by atoms with Crippen molar-refractivity contribution in [1.82, 2.24) is 10.2 Å². The molecule has 0 atom stereocenters. The number of hydrogen-bond acceptors (Lipinski definition) is 1. The van der Waals surface area contributed by atoms with Crippen LogP contribution in [0.3, 0.4) is 0 Å². The maximum absolute atomic E-state index is 11.7. The quantitative estimate of drug-likeness (QED) is 0.791. The second-order valence-corrected chi connectivity index (χ2v) is 4.67. The van der Waals surface area contributed by atoms with E-state index in [1.165, 1.54) is 0 Å². The fourth-order valence-corrected chi connectivity index (χ4v) is 1.45. The van der Waals surface area contributed by atoms with Crippen molar-refractivity contribution >= 4 is 6.03 Å². The lowest BCUT2D eigenvalue weighted by atomic mass is 10.2. The Bertz CT molecular complexity index is 169. The summed E-state index contributed by atoms with van der Waals surface area (Å²) >= 11 is 0.